The predicted molar refractivity (Wildman–Crippen MR) is 78.7 cm³/mol. The van der Waals surface area contributed by atoms with Crippen molar-refractivity contribution in [2.24, 2.45) is 0 Å². The quantitative estimate of drug-likeness (QED) is 0.581. The normalized spacial score (nSPS) is 10.3. The first-order valence-electron chi connectivity index (χ1n) is 6.42. The molecule has 0 aliphatic rings. The van der Waals surface area contributed by atoms with Gasteiger partial charge in [-0.15, -0.1) is 11.6 Å². The number of hydrogen-bond donors (Lipinski definition) is 0. The van der Waals surface area contributed by atoms with Gasteiger partial charge in [0.25, 0.3) is 0 Å². The highest BCUT2D eigenvalue weighted by Gasteiger charge is 2.03. The number of aryl methyl sites for hydroxylation is 1. The molecule has 0 atom stereocenters. The fourth-order valence-corrected chi connectivity index (χ4v) is 2.17. The molecule has 0 heterocycles. The molecule has 0 radical (unpaired) electrons. The van der Waals surface area contributed by atoms with Crippen LogP contribution in [-0.2, 0) is 6.42 Å². The molecule has 98 valence electrons. The van der Waals surface area contributed by atoms with Crippen molar-refractivity contribution in [1.82, 2.24) is 0 Å². The monoisotopic (exact) mass is 273 g/mol. The second-order valence-electron chi connectivity index (χ2n) is 4.35. The lowest BCUT2D eigenvalue weighted by Crippen LogP contribution is -1.98. The smallest absolute Gasteiger partial charge is 0.119 e. The Morgan fingerprint density at radius 2 is 2.11 bits per heavy atom. The van der Waals surface area contributed by atoms with Crippen LogP contribution in [-0.4, -0.2) is 12.5 Å². The molecule has 2 rings (SSSR count). The number of nitriles is 1. The Balaban J connectivity index is 2.26. The third kappa shape index (κ3) is 3.62. The minimum absolute atomic E-state index is 0.538. The van der Waals surface area contributed by atoms with Gasteiger partial charge in [-0.1, -0.05) is 24.3 Å². The molecular weight excluding hydrogens is 258 g/mol. The van der Waals surface area contributed by atoms with Gasteiger partial charge in [-0.25, -0.2) is 0 Å². The maximum atomic E-state index is 8.71. The zero-order valence-electron chi connectivity index (χ0n) is 10.7. The van der Waals surface area contributed by atoms with Gasteiger partial charge in [0, 0.05) is 12.3 Å². The highest BCUT2D eigenvalue weighted by Crippen LogP contribution is 2.25. The molecular formula is C16H16ClNO. The Hall–Kier alpha value is -1.72. The third-order valence-electron chi connectivity index (χ3n) is 3.00. The number of halogens is 1. The molecule has 2 aromatic rings. The number of hydrogen-bond acceptors (Lipinski definition) is 2. The zero-order chi connectivity index (χ0) is 13.5. The van der Waals surface area contributed by atoms with E-state index in [1.807, 2.05) is 12.1 Å². The van der Waals surface area contributed by atoms with Crippen molar-refractivity contribution in [3.05, 3.63) is 42.0 Å². The van der Waals surface area contributed by atoms with Crippen LogP contribution >= 0.6 is 11.6 Å². The Morgan fingerprint density at radius 3 is 2.89 bits per heavy atom. The molecule has 0 bridgehead atoms. The van der Waals surface area contributed by atoms with Gasteiger partial charge in [-0.3, -0.25) is 0 Å². The summed E-state index contributed by atoms with van der Waals surface area (Å²) < 4.78 is 5.66. The topological polar surface area (TPSA) is 33.0 Å². The van der Waals surface area contributed by atoms with Gasteiger partial charge in [-0.05, 0) is 41.3 Å². The largest absolute Gasteiger partial charge is 0.494 e. The van der Waals surface area contributed by atoms with Crippen molar-refractivity contribution in [1.29, 1.82) is 5.26 Å². The van der Waals surface area contributed by atoms with Gasteiger partial charge in [0.1, 0.15) is 5.75 Å². The highest BCUT2D eigenvalue weighted by atomic mass is 35.5. The van der Waals surface area contributed by atoms with Crippen molar-refractivity contribution in [2.75, 3.05) is 12.5 Å². The van der Waals surface area contributed by atoms with Crippen molar-refractivity contribution < 1.29 is 4.74 Å². The Kier molecular flexibility index (Phi) is 5.06. The molecule has 0 aromatic heterocycles. The molecule has 0 aliphatic heterocycles. The molecule has 3 heteroatoms. The Labute approximate surface area is 118 Å². The van der Waals surface area contributed by atoms with Crippen LogP contribution in [0.2, 0.25) is 0 Å². The van der Waals surface area contributed by atoms with Crippen LogP contribution in [0.1, 0.15) is 18.4 Å². The lowest BCUT2D eigenvalue weighted by atomic mass is 10.0. The molecule has 2 aromatic carbocycles. The van der Waals surface area contributed by atoms with Crippen molar-refractivity contribution in [2.45, 2.75) is 19.3 Å². The van der Waals surface area contributed by atoms with Gasteiger partial charge in [-0.2, -0.15) is 5.26 Å². The van der Waals surface area contributed by atoms with E-state index in [0.717, 1.165) is 18.6 Å². The fourth-order valence-electron chi connectivity index (χ4n) is 2.06. The van der Waals surface area contributed by atoms with Crippen LogP contribution in [0.15, 0.2) is 36.4 Å². The zero-order valence-corrected chi connectivity index (χ0v) is 11.5. The fraction of sp³-hybridized carbons (Fsp3) is 0.312. The summed E-state index contributed by atoms with van der Waals surface area (Å²) in [5.74, 6) is 1.48. The van der Waals surface area contributed by atoms with E-state index >= 15 is 0 Å². The van der Waals surface area contributed by atoms with Crippen LogP contribution in [0.5, 0.6) is 5.75 Å². The molecule has 0 saturated heterocycles. The van der Waals surface area contributed by atoms with Crippen molar-refractivity contribution in [3.63, 3.8) is 0 Å². The number of nitrogens with zero attached hydrogens (tertiary/aromatic N) is 1. The lowest BCUT2D eigenvalue weighted by molar-refractivity contribution is 0.319. The van der Waals surface area contributed by atoms with E-state index in [1.165, 1.54) is 16.3 Å². The number of fused-ring (bicyclic) bond motifs is 1. The summed E-state index contributed by atoms with van der Waals surface area (Å²) in [6.07, 6.45) is 2.16. The molecule has 2 nitrogen and oxygen atoms in total. The van der Waals surface area contributed by atoms with E-state index < -0.39 is 0 Å². The van der Waals surface area contributed by atoms with Gasteiger partial charge in [0.15, 0.2) is 0 Å². The van der Waals surface area contributed by atoms with Gasteiger partial charge >= 0.3 is 0 Å². The molecule has 0 saturated carbocycles. The Bertz CT molecular complexity index is 589. The van der Waals surface area contributed by atoms with Gasteiger partial charge in [0.2, 0.25) is 0 Å². The average molecular weight is 274 g/mol. The van der Waals surface area contributed by atoms with Gasteiger partial charge in [0.05, 0.1) is 12.7 Å². The molecule has 0 N–H and O–H groups in total. The van der Waals surface area contributed by atoms with E-state index in [-0.39, 0.29) is 0 Å². The summed E-state index contributed by atoms with van der Waals surface area (Å²) in [7, 11) is 0. The van der Waals surface area contributed by atoms with Crippen molar-refractivity contribution in [3.8, 4) is 11.8 Å². The SMILES string of the molecule is N#CCCc1cccc2ccc(OCCCCl)cc12. The van der Waals surface area contributed by atoms with E-state index in [4.69, 9.17) is 21.6 Å². The second kappa shape index (κ2) is 7.01. The average Bonchev–Trinajstić information content (AvgIpc) is 2.45. The predicted octanol–water partition coefficient (Wildman–Crippen LogP) is 4.30. The summed E-state index contributed by atoms with van der Waals surface area (Å²) in [5.41, 5.74) is 1.20. The number of benzene rings is 2. The maximum Gasteiger partial charge on any atom is 0.119 e. The van der Waals surface area contributed by atoms with Crippen molar-refractivity contribution >= 4 is 22.4 Å². The van der Waals surface area contributed by atoms with Crippen LogP contribution in [0.25, 0.3) is 10.8 Å². The van der Waals surface area contributed by atoms with Crippen LogP contribution in [0, 0.1) is 11.3 Å². The van der Waals surface area contributed by atoms with Crippen LogP contribution in [0.3, 0.4) is 0 Å². The lowest BCUT2D eigenvalue weighted by Gasteiger charge is -2.09. The first-order valence-corrected chi connectivity index (χ1v) is 6.96. The van der Waals surface area contributed by atoms with E-state index in [1.54, 1.807) is 0 Å². The summed E-state index contributed by atoms with van der Waals surface area (Å²) in [5, 5.41) is 11.1. The van der Waals surface area contributed by atoms with E-state index in [2.05, 4.69) is 30.3 Å². The molecule has 19 heavy (non-hydrogen) atoms. The first kappa shape index (κ1) is 13.7. The first-order chi connectivity index (χ1) is 9.35. The van der Waals surface area contributed by atoms with E-state index in [9.17, 15) is 0 Å². The summed E-state index contributed by atoms with van der Waals surface area (Å²) >= 11 is 5.63. The third-order valence-corrected chi connectivity index (χ3v) is 3.26. The molecule has 0 unspecified atom stereocenters. The molecule has 0 aliphatic carbocycles. The summed E-state index contributed by atoms with van der Waals surface area (Å²) in [4.78, 5) is 0. The van der Waals surface area contributed by atoms with Crippen LogP contribution < -0.4 is 4.74 Å². The maximum absolute atomic E-state index is 8.71. The second-order valence-corrected chi connectivity index (χ2v) is 4.73. The standard InChI is InChI=1S/C16H16ClNO/c17-9-3-11-19-15-8-7-14-5-1-4-13(6-2-10-18)16(14)12-15/h1,4-5,7-8,12H,2-3,6,9,11H2. The Morgan fingerprint density at radius 1 is 1.21 bits per heavy atom. The molecule has 0 fully saturated rings. The van der Waals surface area contributed by atoms with Crippen LogP contribution in [0.4, 0.5) is 0 Å². The number of rotatable bonds is 6. The number of ether oxygens (including phenoxy) is 1. The minimum atomic E-state index is 0.538. The summed E-state index contributed by atoms with van der Waals surface area (Å²) in [6.45, 7) is 0.634. The highest BCUT2D eigenvalue weighted by molar-refractivity contribution is 6.17. The molecule has 0 spiro atoms. The molecule has 0 amide bonds. The number of alkyl halides is 1. The minimum Gasteiger partial charge on any atom is -0.494 e. The van der Waals surface area contributed by atoms with E-state index in [0.29, 0.717) is 18.9 Å². The van der Waals surface area contributed by atoms with Gasteiger partial charge < -0.3 is 4.74 Å². The summed E-state index contributed by atoms with van der Waals surface area (Å²) in [6, 6.07) is 14.5.